The van der Waals surface area contributed by atoms with Gasteiger partial charge in [0.25, 0.3) is 5.91 Å². The Morgan fingerprint density at radius 2 is 2.11 bits per heavy atom. The van der Waals surface area contributed by atoms with E-state index in [1.807, 2.05) is 13.8 Å². The molecule has 6 nitrogen and oxygen atoms in total. The Balaban J connectivity index is 2.79. The zero-order valence-corrected chi connectivity index (χ0v) is 10.7. The van der Waals surface area contributed by atoms with Crippen molar-refractivity contribution in [1.29, 1.82) is 0 Å². The summed E-state index contributed by atoms with van der Waals surface area (Å²) in [5.41, 5.74) is 0.823. The molecule has 98 valence electrons. The van der Waals surface area contributed by atoms with Crippen LogP contribution < -0.4 is 5.32 Å². The first-order chi connectivity index (χ1) is 8.41. The largest absolute Gasteiger partial charge is 0.480 e. The molecule has 0 bridgehead atoms. The molecule has 0 spiro atoms. The maximum Gasteiger partial charge on any atom is 0.326 e. The lowest BCUT2D eigenvalue weighted by Gasteiger charge is -2.16. The van der Waals surface area contributed by atoms with Crippen LogP contribution in [0.5, 0.6) is 0 Å². The van der Waals surface area contributed by atoms with Crippen LogP contribution in [0, 0.1) is 12.8 Å². The fourth-order valence-corrected chi connectivity index (χ4v) is 1.54. The van der Waals surface area contributed by atoms with Crippen molar-refractivity contribution >= 4 is 11.9 Å². The van der Waals surface area contributed by atoms with Gasteiger partial charge in [-0.3, -0.25) is 4.79 Å². The summed E-state index contributed by atoms with van der Waals surface area (Å²) >= 11 is 0. The number of aromatic nitrogens is 2. The Labute approximate surface area is 105 Å². The van der Waals surface area contributed by atoms with E-state index in [2.05, 4.69) is 15.3 Å². The number of aliphatic carboxylic acids is 1. The van der Waals surface area contributed by atoms with E-state index in [4.69, 9.17) is 5.11 Å². The molecule has 0 aliphatic rings. The van der Waals surface area contributed by atoms with Crippen LogP contribution in [0.25, 0.3) is 0 Å². The summed E-state index contributed by atoms with van der Waals surface area (Å²) in [6.07, 6.45) is 3.11. The zero-order chi connectivity index (χ0) is 13.7. The SMILES string of the molecule is Cc1ncncc1C(=O)NC(CC(C)C)C(=O)O. The quantitative estimate of drug-likeness (QED) is 0.815. The predicted molar refractivity (Wildman–Crippen MR) is 65.1 cm³/mol. The minimum atomic E-state index is -1.04. The summed E-state index contributed by atoms with van der Waals surface area (Å²) in [5.74, 6) is -1.31. The number of carbonyl (C=O) groups excluding carboxylic acids is 1. The van der Waals surface area contributed by atoms with E-state index in [9.17, 15) is 9.59 Å². The van der Waals surface area contributed by atoms with Gasteiger partial charge in [-0.15, -0.1) is 0 Å². The number of rotatable bonds is 5. The minimum Gasteiger partial charge on any atom is -0.480 e. The van der Waals surface area contributed by atoms with Crippen LogP contribution >= 0.6 is 0 Å². The second kappa shape index (κ2) is 6.09. The van der Waals surface area contributed by atoms with Crippen molar-refractivity contribution in [3.05, 3.63) is 23.8 Å². The van der Waals surface area contributed by atoms with Crippen LogP contribution in [-0.4, -0.2) is 33.0 Å². The Morgan fingerprint density at radius 3 is 2.61 bits per heavy atom. The lowest BCUT2D eigenvalue weighted by atomic mass is 10.0. The van der Waals surface area contributed by atoms with E-state index in [-0.39, 0.29) is 5.92 Å². The summed E-state index contributed by atoms with van der Waals surface area (Å²) in [4.78, 5) is 30.6. The molecule has 0 aromatic carbocycles. The molecule has 1 aromatic heterocycles. The number of aryl methyl sites for hydroxylation is 1. The van der Waals surface area contributed by atoms with Crippen molar-refractivity contribution in [3.63, 3.8) is 0 Å². The van der Waals surface area contributed by atoms with E-state index >= 15 is 0 Å². The Kier molecular flexibility index (Phi) is 4.76. The highest BCUT2D eigenvalue weighted by atomic mass is 16.4. The molecule has 0 aliphatic carbocycles. The number of carboxylic acid groups (broad SMARTS) is 1. The molecule has 0 saturated heterocycles. The summed E-state index contributed by atoms with van der Waals surface area (Å²) in [7, 11) is 0. The van der Waals surface area contributed by atoms with Gasteiger partial charge in [-0.05, 0) is 19.3 Å². The number of nitrogens with zero attached hydrogens (tertiary/aromatic N) is 2. The molecule has 1 amide bonds. The van der Waals surface area contributed by atoms with Crippen LogP contribution in [0.2, 0.25) is 0 Å². The predicted octanol–water partition coefficient (Wildman–Crippen LogP) is 1.01. The average Bonchev–Trinajstić information content (AvgIpc) is 2.27. The molecule has 1 aromatic rings. The van der Waals surface area contributed by atoms with Gasteiger partial charge in [-0.2, -0.15) is 0 Å². The topological polar surface area (TPSA) is 92.2 Å². The van der Waals surface area contributed by atoms with E-state index in [0.717, 1.165) is 0 Å². The van der Waals surface area contributed by atoms with Gasteiger partial charge in [0.15, 0.2) is 0 Å². The number of hydrogen-bond donors (Lipinski definition) is 2. The average molecular weight is 251 g/mol. The van der Waals surface area contributed by atoms with Gasteiger partial charge in [0.05, 0.1) is 11.3 Å². The van der Waals surface area contributed by atoms with Gasteiger partial charge >= 0.3 is 5.97 Å². The third-order valence-electron chi connectivity index (χ3n) is 2.47. The molecule has 1 heterocycles. The van der Waals surface area contributed by atoms with Crippen LogP contribution in [0.1, 0.15) is 36.3 Å². The second-order valence-electron chi connectivity index (χ2n) is 4.52. The molecule has 1 atom stereocenters. The van der Waals surface area contributed by atoms with Crippen molar-refractivity contribution < 1.29 is 14.7 Å². The minimum absolute atomic E-state index is 0.180. The lowest BCUT2D eigenvalue weighted by Crippen LogP contribution is -2.42. The van der Waals surface area contributed by atoms with Gasteiger partial charge in [-0.25, -0.2) is 14.8 Å². The summed E-state index contributed by atoms with van der Waals surface area (Å²) in [6.45, 7) is 5.48. The van der Waals surface area contributed by atoms with Gasteiger partial charge in [-0.1, -0.05) is 13.8 Å². The molecule has 1 unspecified atom stereocenters. The van der Waals surface area contributed by atoms with E-state index in [1.165, 1.54) is 12.5 Å². The van der Waals surface area contributed by atoms with Gasteiger partial charge < -0.3 is 10.4 Å². The highest BCUT2D eigenvalue weighted by Gasteiger charge is 2.22. The fourth-order valence-electron chi connectivity index (χ4n) is 1.54. The first-order valence-corrected chi connectivity index (χ1v) is 5.72. The van der Waals surface area contributed by atoms with Gasteiger partial charge in [0.1, 0.15) is 12.4 Å². The van der Waals surface area contributed by atoms with Crippen molar-refractivity contribution in [1.82, 2.24) is 15.3 Å². The van der Waals surface area contributed by atoms with Gasteiger partial charge in [0, 0.05) is 6.20 Å². The molecule has 0 aliphatic heterocycles. The third-order valence-corrected chi connectivity index (χ3v) is 2.47. The molecule has 2 N–H and O–H groups in total. The maximum absolute atomic E-state index is 11.9. The Hall–Kier alpha value is -1.98. The number of carbonyl (C=O) groups is 2. The molecule has 6 heteroatoms. The molecule has 18 heavy (non-hydrogen) atoms. The number of amides is 1. The van der Waals surface area contributed by atoms with E-state index in [0.29, 0.717) is 17.7 Å². The van der Waals surface area contributed by atoms with Crippen LogP contribution in [0.3, 0.4) is 0 Å². The summed E-state index contributed by atoms with van der Waals surface area (Å²) < 4.78 is 0. The van der Waals surface area contributed by atoms with E-state index < -0.39 is 17.9 Å². The second-order valence-corrected chi connectivity index (χ2v) is 4.52. The normalized spacial score (nSPS) is 12.2. The van der Waals surface area contributed by atoms with Crippen molar-refractivity contribution in [2.75, 3.05) is 0 Å². The van der Waals surface area contributed by atoms with Crippen molar-refractivity contribution in [3.8, 4) is 0 Å². The molecule has 0 saturated carbocycles. The molecular weight excluding hydrogens is 234 g/mol. The van der Waals surface area contributed by atoms with Crippen molar-refractivity contribution in [2.45, 2.75) is 33.2 Å². The summed E-state index contributed by atoms with van der Waals surface area (Å²) in [6, 6.07) is -0.892. The third kappa shape index (κ3) is 3.80. The van der Waals surface area contributed by atoms with Gasteiger partial charge in [0.2, 0.25) is 0 Å². The van der Waals surface area contributed by atoms with Crippen LogP contribution in [0.15, 0.2) is 12.5 Å². The van der Waals surface area contributed by atoms with Crippen LogP contribution in [0.4, 0.5) is 0 Å². The standard InChI is InChI=1S/C12H17N3O3/c1-7(2)4-10(12(17)18)15-11(16)9-5-13-6-14-8(9)3/h5-7,10H,4H2,1-3H3,(H,15,16)(H,17,18). The highest BCUT2D eigenvalue weighted by Crippen LogP contribution is 2.07. The number of nitrogens with one attached hydrogen (secondary N) is 1. The maximum atomic E-state index is 11.9. The monoisotopic (exact) mass is 251 g/mol. The lowest BCUT2D eigenvalue weighted by molar-refractivity contribution is -0.139. The molecule has 1 rings (SSSR count). The highest BCUT2D eigenvalue weighted by molar-refractivity contribution is 5.97. The number of carboxylic acids is 1. The first kappa shape index (κ1) is 14.1. The summed E-state index contributed by atoms with van der Waals surface area (Å²) in [5, 5.41) is 11.5. The zero-order valence-electron chi connectivity index (χ0n) is 10.7. The number of hydrogen-bond acceptors (Lipinski definition) is 4. The van der Waals surface area contributed by atoms with Crippen molar-refractivity contribution in [2.24, 2.45) is 5.92 Å². The Morgan fingerprint density at radius 1 is 1.44 bits per heavy atom. The first-order valence-electron chi connectivity index (χ1n) is 5.72. The fraction of sp³-hybridized carbons (Fsp3) is 0.500. The molecule has 0 fully saturated rings. The smallest absolute Gasteiger partial charge is 0.326 e. The molecular formula is C12H17N3O3. The van der Waals surface area contributed by atoms with E-state index in [1.54, 1.807) is 6.92 Å². The Bertz CT molecular complexity index is 446. The van der Waals surface area contributed by atoms with Crippen LogP contribution in [-0.2, 0) is 4.79 Å². The molecule has 0 radical (unpaired) electrons.